The lowest BCUT2D eigenvalue weighted by Gasteiger charge is -2.21. The van der Waals surface area contributed by atoms with E-state index in [1.807, 2.05) is 37.4 Å². The van der Waals surface area contributed by atoms with Crippen LogP contribution in [0.4, 0.5) is 0 Å². The molecule has 27 heavy (non-hydrogen) atoms. The highest BCUT2D eigenvalue weighted by Gasteiger charge is 2.30. The molecule has 4 rings (SSSR count). The number of ether oxygens (including phenoxy) is 1. The molecule has 0 spiro atoms. The smallest absolute Gasteiger partial charge is 0.338 e. The molecule has 1 aromatic carbocycles. The number of rotatable bonds is 4. The van der Waals surface area contributed by atoms with Crippen LogP contribution in [0.3, 0.4) is 0 Å². The lowest BCUT2D eigenvalue weighted by Crippen LogP contribution is -2.24. The van der Waals surface area contributed by atoms with E-state index in [1.165, 1.54) is 0 Å². The second-order valence-corrected chi connectivity index (χ2v) is 8.18. The van der Waals surface area contributed by atoms with Crippen molar-refractivity contribution in [1.29, 1.82) is 0 Å². The summed E-state index contributed by atoms with van der Waals surface area (Å²) in [6, 6.07) is 9.13. The van der Waals surface area contributed by atoms with Crippen molar-refractivity contribution in [3.05, 3.63) is 71.3 Å². The van der Waals surface area contributed by atoms with Crippen molar-refractivity contribution in [2.45, 2.75) is 51.2 Å². The Kier molecular flexibility index (Phi) is 4.27. The molecule has 1 unspecified atom stereocenters. The van der Waals surface area contributed by atoms with Gasteiger partial charge in [-0.2, -0.15) is 0 Å². The van der Waals surface area contributed by atoms with Gasteiger partial charge in [0.25, 0.3) is 0 Å². The van der Waals surface area contributed by atoms with E-state index in [9.17, 15) is 9.90 Å². The molecule has 1 atom stereocenters. The number of hydrogen-bond donors (Lipinski definition) is 1. The highest BCUT2D eigenvalue weighted by molar-refractivity contribution is 5.90. The minimum atomic E-state index is -0.830. The fourth-order valence-corrected chi connectivity index (χ4v) is 3.42. The number of nitrogens with zero attached hydrogens (tertiary/aromatic N) is 2. The second kappa shape index (κ2) is 6.50. The first-order valence-corrected chi connectivity index (χ1v) is 9.29. The number of aromatic nitrogens is 2. The second-order valence-electron chi connectivity index (χ2n) is 8.18. The molecule has 1 N–H and O–H groups in total. The molecule has 5 nitrogen and oxygen atoms in total. The zero-order valence-corrected chi connectivity index (χ0v) is 15.8. The zero-order valence-electron chi connectivity index (χ0n) is 15.8. The molecule has 2 heterocycles. The van der Waals surface area contributed by atoms with Gasteiger partial charge < -0.3 is 14.2 Å². The first-order valence-electron chi connectivity index (χ1n) is 9.29. The Labute approximate surface area is 158 Å². The summed E-state index contributed by atoms with van der Waals surface area (Å²) in [5.74, 6) is 0.102. The molecule has 1 saturated carbocycles. The molecule has 1 aliphatic rings. The third-order valence-corrected chi connectivity index (χ3v) is 4.80. The number of aliphatic hydroxyl groups excluding tert-OH is 1. The van der Waals surface area contributed by atoms with Crippen LogP contribution in [-0.4, -0.2) is 26.1 Å². The Morgan fingerprint density at radius 3 is 2.78 bits per heavy atom. The zero-order chi connectivity index (χ0) is 19.2. The average molecular weight is 364 g/mol. The Hall–Kier alpha value is -2.66. The van der Waals surface area contributed by atoms with Gasteiger partial charge in [0.15, 0.2) is 0 Å². The maximum Gasteiger partial charge on any atom is 0.338 e. The Morgan fingerprint density at radius 1 is 1.30 bits per heavy atom. The molecule has 1 fully saturated rings. The Morgan fingerprint density at radius 2 is 2.07 bits per heavy atom. The summed E-state index contributed by atoms with van der Waals surface area (Å²) in [5, 5.41) is 11.2. The van der Waals surface area contributed by atoms with Crippen LogP contribution < -0.4 is 0 Å². The van der Waals surface area contributed by atoms with Crippen LogP contribution in [0.2, 0.25) is 0 Å². The number of imidazole rings is 1. The van der Waals surface area contributed by atoms with Crippen LogP contribution in [0, 0.1) is 0 Å². The molecule has 2 aromatic heterocycles. The molecule has 0 aliphatic heterocycles. The Balaban J connectivity index is 1.74. The number of aliphatic hydroxyl groups is 1. The quantitative estimate of drug-likeness (QED) is 0.703. The first-order chi connectivity index (χ1) is 12.8. The summed E-state index contributed by atoms with van der Waals surface area (Å²) in [6.45, 7) is 5.52. The van der Waals surface area contributed by atoms with Gasteiger partial charge in [0.05, 0.1) is 23.6 Å². The lowest BCUT2D eigenvalue weighted by atomic mass is 9.93. The molecule has 140 valence electrons. The van der Waals surface area contributed by atoms with E-state index >= 15 is 0 Å². The summed E-state index contributed by atoms with van der Waals surface area (Å²) in [6.07, 6.45) is 6.96. The Bertz CT molecular complexity index is 996. The van der Waals surface area contributed by atoms with E-state index < -0.39 is 11.7 Å². The molecule has 0 saturated heterocycles. The molecule has 0 bridgehead atoms. The minimum Gasteiger partial charge on any atom is -0.456 e. The van der Waals surface area contributed by atoms with Gasteiger partial charge >= 0.3 is 5.97 Å². The van der Waals surface area contributed by atoms with Gasteiger partial charge in [-0.15, -0.1) is 0 Å². The number of hydrogen-bond acceptors (Lipinski definition) is 4. The van der Waals surface area contributed by atoms with E-state index in [-0.39, 0.29) is 5.97 Å². The predicted octanol–water partition coefficient (Wildman–Crippen LogP) is 4.25. The highest BCUT2D eigenvalue weighted by Crippen LogP contribution is 2.45. The van der Waals surface area contributed by atoms with Crippen LogP contribution in [0.15, 0.2) is 49.1 Å². The number of benzene rings is 1. The van der Waals surface area contributed by atoms with Crippen molar-refractivity contribution < 1.29 is 14.6 Å². The number of esters is 1. The molecule has 1 aliphatic carbocycles. The van der Waals surface area contributed by atoms with Gasteiger partial charge in [0, 0.05) is 11.8 Å². The van der Waals surface area contributed by atoms with Crippen LogP contribution in [-0.2, 0) is 4.74 Å². The van der Waals surface area contributed by atoms with Crippen LogP contribution >= 0.6 is 0 Å². The third-order valence-electron chi connectivity index (χ3n) is 4.80. The van der Waals surface area contributed by atoms with Gasteiger partial charge in [-0.25, -0.2) is 9.78 Å². The fraction of sp³-hybridized carbons (Fsp3) is 0.364. The normalized spacial score (nSPS) is 15.7. The number of fused-ring (bicyclic) bond motifs is 1. The van der Waals surface area contributed by atoms with Gasteiger partial charge in [-0.3, -0.25) is 0 Å². The third kappa shape index (κ3) is 3.60. The fourth-order valence-electron chi connectivity index (χ4n) is 3.42. The summed E-state index contributed by atoms with van der Waals surface area (Å²) >= 11 is 0. The molecular weight excluding hydrogens is 340 g/mol. The van der Waals surface area contributed by atoms with E-state index in [2.05, 4.69) is 11.1 Å². The van der Waals surface area contributed by atoms with Crippen molar-refractivity contribution in [3.63, 3.8) is 0 Å². The number of carbonyl (C=O) groups excluding carboxylic acids is 1. The first kappa shape index (κ1) is 17.7. The van der Waals surface area contributed by atoms with Crippen molar-refractivity contribution >= 4 is 11.5 Å². The SMILES string of the molecule is CC(C)(C)OC(=O)c1cccc(C(O)c2c(C3CC3)ccn3cncc23)c1. The van der Waals surface area contributed by atoms with E-state index in [4.69, 9.17) is 4.74 Å². The monoisotopic (exact) mass is 364 g/mol. The molecule has 0 amide bonds. The molecule has 5 heteroatoms. The average Bonchev–Trinajstić information content (AvgIpc) is 3.35. The van der Waals surface area contributed by atoms with Gasteiger partial charge in [-0.05, 0) is 68.9 Å². The van der Waals surface area contributed by atoms with Gasteiger partial charge in [-0.1, -0.05) is 12.1 Å². The standard InChI is InChI=1S/C22H24N2O3/c1-22(2,3)27-21(26)16-6-4-5-15(11-16)20(25)19-17(14-7-8-14)9-10-24-13-23-12-18(19)24/h4-6,9-14,20,25H,7-8H2,1-3H3. The van der Waals surface area contributed by atoms with Crippen molar-refractivity contribution in [2.24, 2.45) is 0 Å². The van der Waals surface area contributed by atoms with E-state index in [1.54, 1.807) is 30.7 Å². The van der Waals surface area contributed by atoms with Crippen molar-refractivity contribution in [2.75, 3.05) is 0 Å². The summed E-state index contributed by atoms with van der Waals surface area (Å²) in [5.41, 5.74) is 3.49. The molecule has 0 radical (unpaired) electrons. The number of carbonyl (C=O) groups is 1. The number of pyridine rings is 1. The summed E-state index contributed by atoms with van der Waals surface area (Å²) in [4.78, 5) is 16.6. The topological polar surface area (TPSA) is 63.8 Å². The van der Waals surface area contributed by atoms with Gasteiger partial charge in [0.2, 0.25) is 0 Å². The van der Waals surface area contributed by atoms with Gasteiger partial charge in [0.1, 0.15) is 11.7 Å². The van der Waals surface area contributed by atoms with Crippen molar-refractivity contribution in [3.8, 4) is 0 Å². The highest BCUT2D eigenvalue weighted by atomic mass is 16.6. The minimum absolute atomic E-state index is 0.387. The van der Waals surface area contributed by atoms with Crippen LogP contribution in [0.5, 0.6) is 0 Å². The predicted molar refractivity (Wildman–Crippen MR) is 103 cm³/mol. The van der Waals surface area contributed by atoms with Crippen molar-refractivity contribution in [1.82, 2.24) is 9.38 Å². The largest absolute Gasteiger partial charge is 0.456 e. The van der Waals surface area contributed by atoms with Crippen LogP contribution in [0.1, 0.15) is 72.7 Å². The lowest BCUT2D eigenvalue weighted by molar-refractivity contribution is 0.00693. The van der Waals surface area contributed by atoms with E-state index in [0.717, 1.165) is 29.5 Å². The molecular formula is C22H24N2O3. The van der Waals surface area contributed by atoms with E-state index in [0.29, 0.717) is 17.0 Å². The maximum atomic E-state index is 12.4. The summed E-state index contributed by atoms with van der Waals surface area (Å²) < 4.78 is 7.38. The molecule has 3 aromatic rings. The van der Waals surface area contributed by atoms with Crippen LogP contribution in [0.25, 0.3) is 5.52 Å². The maximum absolute atomic E-state index is 12.4. The summed E-state index contributed by atoms with van der Waals surface area (Å²) in [7, 11) is 0.